The highest BCUT2D eigenvalue weighted by atomic mass is 35.5. The first kappa shape index (κ1) is 19.4. The molecular weight excluding hydrogens is 323 g/mol. The second kappa shape index (κ2) is 9.40. The number of nitrogens with two attached hydrogens (primary N) is 1. The molecule has 0 fully saturated rings. The van der Waals surface area contributed by atoms with Crippen molar-refractivity contribution >= 4 is 41.6 Å². The molecule has 114 valence electrons. The third-order valence-corrected chi connectivity index (χ3v) is 2.81. The lowest BCUT2D eigenvalue weighted by molar-refractivity contribution is -0.145. The molecule has 4 nitrogen and oxygen atoms in total. The number of carbonyl (C=O) groups is 1. The Kier molecular flexibility index (Phi) is 9.14. The molecule has 1 rings (SSSR count). The molecule has 0 saturated heterocycles. The lowest BCUT2D eigenvalue weighted by Crippen LogP contribution is -2.26. The van der Waals surface area contributed by atoms with Crippen LogP contribution in [0.3, 0.4) is 0 Å². The first-order valence-electron chi connectivity index (χ1n) is 6.10. The second-order valence-corrected chi connectivity index (χ2v) is 5.65. The van der Waals surface area contributed by atoms with Gasteiger partial charge in [-0.25, -0.2) is 4.98 Å². The lowest BCUT2D eigenvalue weighted by Gasteiger charge is -2.13. The van der Waals surface area contributed by atoms with Crippen LogP contribution in [-0.2, 0) is 16.1 Å². The molecule has 1 aromatic rings. The Balaban J connectivity index is 0.00000361. The summed E-state index contributed by atoms with van der Waals surface area (Å²) in [5.74, 6) is 0.137. The maximum Gasteiger partial charge on any atom is 0.307 e. The number of hydrogen-bond acceptors (Lipinski definition) is 4. The van der Waals surface area contributed by atoms with E-state index >= 15 is 0 Å². The summed E-state index contributed by atoms with van der Waals surface area (Å²) >= 11 is 11.5. The Morgan fingerprint density at radius 3 is 2.40 bits per heavy atom. The summed E-state index contributed by atoms with van der Waals surface area (Å²) in [5, 5.41) is 0.546. The third-order valence-electron chi connectivity index (χ3n) is 2.43. The molecule has 0 spiro atoms. The van der Waals surface area contributed by atoms with Crippen molar-refractivity contribution in [3.63, 3.8) is 0 Å². The standard InChI is InChI=1S/C13H18Cl2N2O2.ClH/c1-8(2)3-10(16)6-13(18)19-7-9-4-11(14)17-12(15)5-9;/h4-5,8,10H,3,6-7,16H2,1-2H3;1H/t10-;/m1./s1. The van der Waals surface area contributed by atoms with Crippen LogP contribution in [0.2, 0.25) is 10.3 Å². The maximum absolute atomic E-state index is 11.6. The van der Waals surface area contributed by atoms with Crippen LogP contribution in [0, 0.1) is 5.92 Å². The molecule has 0 bridgehead atoms. The van der Waals surface area contributed by atoms with Gasteiger partial charge in [0, 0.05) is 6.04 Å². The zero-order chi connectivity index (χ0) is 14.4. The number of aromatic nitrogens is 1. The van der Waals surface area contributed by atoms with Crippen LogP contribution in [0.25, 0.3) is 0 Å². The Morgan fingerprint density at radius 1 is 1.35 bits per heavy atom. The Labute approximate surface area is 135 Å². The fourth-order valence-corrected chi connectivity index (χ4v) is 2.23. The van der Waals surface area contributed by atoms with Crippen LogP contribution >= 0.6 is 35.6 Å². The van der Waals surface area contributed by atoms with Crippen LogP contribution < -0.4 is 5.73 Å². The highest BCUT2D eigenvalue weighted by molar-refractivity contribution is 6.32. The Morgan fingerprint density at radius 2 is 1.90 bits per heavy atom. The van der Waals surface area contributed by atoms with E-state index in [1.54, 1.807) is 12.1 Å². The molecule has 0 aliphatic heterocycles. The van der Waals surface area contributed by atoms with E-state index < -0.39 is 0 Å². The van der Waals surface area contributed by atoms with Crippen LogP contribution in [0.1, 0.15) is 32.3 Å². The molecule has 0 saturated carbocycles. The number of rotatable bonds is 6. The summed E-state index contributed by atoms with van der Waals surface area (Å²) in [7, 11) is 0. The van der Waals surface area contributed by atoms with Gasteiger partial charge in [-0.3, -0.25) is 4.79 Å². The predicted octanol–water partition coefficient (Wildman–Crippen LogP) is 3.62. The van der Waals surface area contributed by atoms with Crippen LogP contribution in [0.15, 0.2) is 12.1 Å². The summed E-state index contributed by atoms with van der Waals surface area (Å²) in [6, 6.07) is 3.04. The minimum atomic E-state index is -0.322. The van der Waals surface area contributed by atoms with E-state index in [4.69, 9.17) is 33.7 Å². The highest BCUT2D eigenvalue weighted by Crippen LogP contribution is 2.15. The van der Waals surface area contributed by atoms with Gasteiger partial charge in [0.1, 0.15) is 16.9 Å². The van der Waals surface area contributed by atoms with Crippen molar-refractivity contribution in [2.24, 2.45) is 11.7 Å². The molecule has 0 aromatic carbocycles. The van der Waals surface area contributed by atoms with Gasteiger partial charge in [-0.1, -0.05) is 37.0 Å². The second-order valence-electron chi connectivity index (χ2n) is 4.88. The topological polar surface area (TPSA) is 65.2 Å². The van der Waals surface area contributed by atoms with Crippen molar-refractivity contribution in [3.8, 4) is 0 Å². The van der Waals surface area contributed by atoms with Crippen molar-refractivity contribution in [1.29, 1.82) is 0 Å². The number of carbonyl (C=O) groups excluding carboxylic acids is 1. The molecular formula is C13H19Cl3N2O2. The van der Waals surface area contributed by atoms with E-state index in [1.807, 2.05) is 0 Å². The van der Waals surface area contributed by atoms with Gasteiger partial charge < -0.3 is 10.5 Å². The molecule has 7 heteroatoms. The molecule has 1 heterocycles. The van der Waals surface area contributed by atoms with Crippen molar-refractivity contribution in [1.82, 2.24) is 4.98 Å². The predicted molar refractivity (Wildman–Crippen MR) is 83.3 cm³/mol. The van der Waals surface area contributed by atoms with Crippen molar-refractivity contribution < 1.29 is 9.53 Å². The summed E-state index contributed by atoms with van der Waals surface area (Å²) in [6.45, 7) is 4.24. The normalized spacial score (nSPS) is 11.9. The van der Waals surface area contributed by atoms with Crippen LogP contribution in [0.4, 0.5) is 0 Å². The van der Waals surface area contributed by atoms with Crippen molar-refractivity contribution in [3.05, 3.63) is 28.0 Å². The van der Waals surface area contributed by atoms with E-state index in [9.17, 15) is 4.79 Å². The summed E-state index contributed by atoms with van der Waals surface area (Å²) in [4.78, 5) is 15.4. The first-order valence-corrected chi connectivity index (χ1v) is 6.85. The Hall–Kier alpha value is -0.550. The quantitative estimate of drug-likeness (QED) is 0.634. The largest absolute Gasteiger partial charge is 0.461 e. The van der Waals surface area contributed by atoms with Gasteiger partial charge in [0.25, 0.3) is 0 Å². The molecule has 0 aliphatic rings. The zero-order valence-corrected chi connectivity index (χ0v) is 13.8. The van der Waals surface area contributed by atoms with Gasteiger partial charge in [-0.2, -0.15) is 0 Å². The number of nitrogens with zero attached hydrogens (tertiary/aromatic N) is 1. The summed E-state index contributed by atoms with van der Waals surface area (Å²) in [5.41, 5.74) is 6.54. The van der Waals surface area contributed by atoms with Gasteiger partial charge >= 0.3 is 5.97 Å². The van der Waals surface area contributed by atoms with Gasteiger partial charge in [-0.15, -0.1) is 12.4 Å². The van der Waals surface area contributed by atoms with E-state index in [0.717, 1.165) is 6.42 Å². The minimum absolute atomic E-state index is 0. The van der Waals surface area contributed by atoms with E-state index in [0.29, 0.717) is 11.5 Å². The number of halogens is 3. The summed E-state index contributed by atoms with van der Waals surface area (Å²) in [6.07, 6.45) is 1.01. The maximum atomic E-state index is 11.6. The van der Waals surface area contributed by atoms with Crippen LogP contribution in [-0.4, -0.2) is 17.0 Å². The van der Waals surface area contributed by atoms with E-state index in [-0.39, 0.29) is 47.8 Å². The average molecular weight is 342 g/mol. The molecule has 0 unspecified atom stereocenters. The van der Waals surface area contributed by atoms with Crippen LogP contribution in [0.5, 0.6) is 0 Å². The third kappa shape index (κ3) is 7.90. The lowest BCUT2D eigenvalue weighted by atomic mass is 10.0. The molecule has 1 atom stereocenters. The van der Waals surface area contributed by atoms with E-state index in [2.05, 4.69) is 18.8 Å². The molecule has 2 N–H and O–H groups in total. The van der Waals surface area contributed by atoms with Gasteiger partial charge in [0.2, 0.25) is 0 Å². The zero-order valence-electron chi connectivity index (χ0n) is 11.4. The Bertz CT molecular complexity index is 421. The number of hydrogen-bond donors (Lipinski definition) is 1. The monoisotopic (exact) mass is 340 g/mol. The molecule has 0 radical (unpaired) electrons. The summed E-state index contributed by atoms with van der Waals surface area (Å²) < 4.78 is 5.13. The molecule has 0 aliphatic carbocycles. The van der Waals surface area contributed by atoms with E-state index in [1.165, 1.54) is 0 Å². The number of pyridine rings is 1. The van der Waals surface area contributed by atoms with Gasteiger partial charge in [-0.05, 0) is 30.0 Å². The molecule has 0 amide bonds. The van der Waals surface area contributed by atoms with Gasteiger partial charge in [0.15, 0.2) is 0 Å². The molecule has 20 heavy (non-hydrogen) atoms. The number of ether oxygens (including phenoxy) is 1. The minimum Gasteiger partial charge on any atom is -0.461 e. The number of esters is 1. The van der Waals surface area contributed by atoms with Gasteiger partial charge in [0.05, 0.1) is 6.42 Å². The average Bonchev–Trinajstić information content (AvgIpc) is 2.23. The van der Waals surface area contributed by atoms with Crippen molar-refractivity contribution in [2.75, 3.05) is 0 Å². The fraction of sp³-hybridized carbons (Fsp3) is 0.538. The SMILES string of the molecule is CC(C)C[C@@H](N)CC(=O)OCc1cc(Cl)nc(Cl)c1.Cl. The molecule has 1 aromatic heterocycles. The van der Waals surface area contributed by atoms with Crippen molar-refractivity contribution in [2.45, 2.75) is 39.3 Å². The smallest absolute Gasteiger partial charge is 0.307 e. The highest BCUT2D eigenvalue weighted by Gasteiger charge is 2.12. The first-order chi connectivity index (χ1) is 8.86. The fourth-order valence-electron chi connectivity index (χ4n) is 1.72.